The lowest BCUT2D eigenvalue weighted by Crippen LogP contribution is -2.37. The number of aliphatic hydroxyl groups is 2. The fraction of sp³-hybridized carbons (Fsp3) is 0.792. The number of quaternary nitrogens is 1. The summed E-state index contributed by atoms with van der Waals surface area (Å²) in [6, 6.07) is 0. The first-order valence-corrected chi connectivity index (χ1v) is 25.0. The molecule has 12 heteroatoms. The van der Waals surface area contributed by atoms with E-state index in [2.05, 4.69) is 50.3 Å². The molecule has 60 heavy (non-hydrogen) atoms. The number of esters is 2. The van der Waals surface area contributed by atoms with E-state index < -0.39 is 51.3 Å². The van der Waals surface area contributed by atoms with E-state index >= 15 is 0 Å². The van der Waals surface area contributed by atoms with Crippen molar-refractivity contribution in [3.8, 4) is 0 Å². The number of hydrogen-bond acceptors (Lipinski definition) is 10. The van der Waals surface area contributed by atoms with Crippen molar-refractivity contribution in [3.05, 3.63) is 48.6 Å². The number of aliphatic hydroxyl groups excluding tert-OH is 2. The first-order valence-electron chi connectivity index (χ1n) is 23.5. The zero-order valence-electron chi connectivity index (χ0n) is 38.6. The molecule has 0 aromatic heterocycles. The standard InChI is InChI=1S/C48H88NO10P/c1-6-8-10-12-14-16-18-20-21-22-23-24-26-28-30-32-34-38-48(53)59-44(43-58-60(54,55)57-41-40-49(3,4)5)42-56-47(52)39-35-37-46(51)45(50)36-33-31-29-27-25-19-17-15-13-11-9-7-2/h15,17,20-21,25,27,31,33,44-46,50-51H,6-14,16,18-19,22-24,26,28-30,32,34-43H2,1-5H3/b17-15-,21-20-,27-25-,33-31-/t44-,45?,46?/m1/s1. The lowest BCUT2D eigenvalue weighted by atomic mass is 10.0. The van der Waals surface area contributed by atoms with Gasteiger partial charge >= 0.3 is 11.9 Å². The monoisotopic (exact) mass is 870 g/mol. The molecule has 0 aliphatic rings. The Morgan fingerprint density at radius 2 is 1.08 bits per heavy atom. The van der Waals surface area contributed by atoms with Crippen molar-refractivity contribution < 1.29 is 52.3 Å². The van der Waals surface area contributed by atoms with E-state index in [0.717, 1.165) is 44.9 Å². The Bertz CT molecular complexity index is 1200. The van der Waals surface area contributed by atoms with E-state index in [-0.39, 0.29) is 32.3 Å². The summed E-state index contributed by atoms with van der Waals surface area (Å²) in [5.41, 5.74) is 0. The first-order chi connectivity index (χ1) is 28.8. The number of unbranched alkanes of at least 4 members (excludes halogenated alkanes) is 16. The molecule has 0 spiro atoms. The average molecular weight is 870 g/mol. The topological polar surface area (TPSA) is 152 Å². The number of carbonyl (C=O) groups is 2. The second kappa shape index (κ2) is 39.7. The van der Waals surface area contributed by atoms with Gasteiger partial charge < -0.3 is 38.1 Å². The number of phosphoric acid groups is 1. The van der Waals surface area contributed by atoms with E-state index in [0.29, 0.717) is 23.9 Å². The number of hydrogen-bond donors (Lipinski definition) is 2. The normalized spacial score (nSPS) is 15.0. The largest absolute Gasteiger partial charge is 0.756 e. The number of nitrogens with zero attached hydrogens (tertiary/aromatic N) is 1. The molecule has 0 fully saturated rings. The number of phosphoric ester groups is 1. The van der Waals surface area contributed by atoms with Gasteiger partial charge in [0, 0.05) is 12.8 Å². The molecule has 0 bridgehead atoms. The van der Waals surface area contributed by atoms with Gasteiger partial charge in [0.2, 0.25) is 0 Å². The van der Waals surface area contributed by atoms with Crippen molar-refractivity contribution in [3.63, 3.8) is 0 Å². The first kappa shape index (κ1) is 57.9. The Labute approximate surface area is 366 Å². The molecule has 0 amide bonds. The van der Waals surface area contributed by atoms with E-state index in [4.69, 9.17) is 18.5 Å². The van der Waals surface area contributed by atoms with Crippen molar-refractivity contribution in [2.45, 2.75) is 199 Å². The number of rotatable bonds is 42. The van der Waals surface area contributed by atoms with Crippen molar-refractivity contribution >= 4 is 19.8 Å². The van der Waals surface area contributed by atoms with Gasteiger partial charge in [-0.05, 0) is 77.0 Å². The zero-order chi connectivity index (χ0) is 44.6. The molecule has 0 heterocycles. The second-order valence-corrected chi connectivity index (χ2v) is 18.5. The van der Waals surface area contributed by atoms with Gasteiger partial charge in [0.05, 0.1) is 40.0 Å². The van der Waals surface area contributed by atoms with E-state index in [1.54, 1.807) is 0 Å². The van der Waals surface area contributed by atoms with Gasteiger partial charge in [-0.25, -0.2) is 0 Å². The van der Waals surface area contributed by atoms with Crippen LogP contribution in [0.5, 0.6) is 0 Å². The molecule has 0 rings (SSSR count). The molecule has 0 saturated carbocycles. The molecule has 0 aliphatic heterocycles. The van der Waals surface area contributed by atoms with Gasteiger partial charge in [0.1, 0.15) is 19.8 Å². The Morgan fingerprint density at radius 1 is 0.600 bits per heavy atom. The predicted molar refractivity (Wildman–Crippen MR) is 243 cm³/mol. The van der Waals surface area contributed by atoms with Gasteiger partial charge in [-0.2, -0.15) is 0 Å². The number of carbonyl (C=O) groups excluding carboxylic acids is 2. The van der Waals surface area contributed by atoms with Gasteiger partial charge in [-0.15, -0.1) is 0 Å². The quantitative estimate of drug-likeness (QED) is 0.0199. The number of ether oxygens (including phenoxy) is 2. The molecule has 0 aromatic rings. The van der Waals surface area contributed by atoms with E-state index in [9.17, 15) is 29.3 Å². The van der Waals surface area contributed by atoms with Gasteiger partial charge in [-0.3, -0.25) is 14.2 Å². The molecule has 4 atom stereocenters. The van der Waals surface area contributed by atoms with Gasteiger partial charge in [-0.1, -0.05) is 140 Å². The van der Waals surface area contributed by atoms with E-state index in [1.165, 1.54) is 83.5 Å². The Kier molecular flexibility index (Phi) is 38.3. The Hall–Kier alpha value is -2.11. The highest BCUT2D eigenvalue weighted by Gasteiger charge is 2.22. The highest BCUT2D eigenvalue weighted by molar-refractivity contribution is 7.45. The SMILES string of the molecule is CCCCC/C=C\C/C=C\C/C=C\CC(O)C(O)CCCC(=O)OC[C@H](COP(=O)([O-])OCC[N+](C)(C)C)OC(=O)CCCCCCCCC/C=C\CCCCCCCC. The molecule has 0 radical (unpaired) electrons. The maximum Gasteiger partial charge on any atom is 0.306 e. The van der Waals surface area contributed by atoms with Crippen LogP contribution in [0.2, 0.25) is 0 Å². The molecular formula is C48H88NO10P. The summed E-state index contributed by atoms with van der Waals surface area (Å²) in [6.07, 6.45) is 38.8. The maximum atomic E-state index is 12.7. The van der Waals surface area contributed by atoms with Gasteiger partial charge in [0.25, 0.3) is 7.82 Å². The summed E-state index contributed by atoms with van der Waals surface area (Å²) in [5, 5.41) is 20.7. The maximum absolute atomic E-state index is 12.7. The van der Waals surface area contributed by atoms with Crippen molar-refractivity contribution in [2.75, 3.05) is 47.5 Å². The van der Waals surface area contributed by atoms with Crippen LogP contribution in [0.1, 0.15) is 181 Å². The summed E-state index contributed by atoms with van der Waals surface area (Å²) >= 11 is 0. The van der Waals surface area contributed by atoms with Crippen LogP contribution in [0.3, 0.4) is 0 Å². The summed E-state index contributed by atoms with van der Waals surface area (Å²) in [5.74, 6) is -1.12. The number of allylic oxidation sites excluding steroid dienone is 7. The second-order valence-electron chi connectivity index (χ2n) is 17.1. The van der Waals surface area contributed by atoms with Crippen LogP contribution >= 0.6 is 7.82 Å². The van der Waals surface area contributed by atoms with Crippen molar-refractivity contribution in [1.82, 2.24) is 0 Å². The summed E-state index contributed by atoms with van der Waals surface area (Å²) < 4.78 is 33.7. The molecule has 350 valence electrons. The molecule has 0 saturated heterocycles. The molecule has 0 aromatic carbocycles. The lowest BCUT2D eigenvalue weighted by molar-refractivity contribution is -0.870. The minimum Gasteiger partial charge on any atom is -0.756 e. The smallest absolute Gasteiger partial charge is 0.306 e. The van der Waals surface area contributed by atoms with Crippen LogP contribution in [-0.2, 0) is 32.7 Å². The predicted octanol–water partition coefficient (Wildman–Crippen LogP) is 10.8. The van der Waals surface area contributed by atoms with Crippen LogP contribution < -0.4 is 4.89 Å². The lowest BCUT2D eigenvalue weighted by Gasteiger charge is -2.28. The van der Waals surface area contributed by atoms with Crippen molar-refractivity contribution in [1.29, 1.82) is 0 Å². The third-order valence-electron chi connectivity index (χ3n) is 10.0. The Morgan fingerprint density at radius 3 is 1.68 bits per heavy atom. The Balaban J connectivity index is 4.56. The van der Waals surface area contributed by atoms with Crippen LogP contribution in [0.15, 0.2) is 48.6 Å². The molecule has 0 aliphatic carbocycles. The fourth-order valence-corrected chi connectivity index (χ4v) is 6.89. The van der Waals surface area contributed by atoms with Crippen LogP contribution in [0, 0.1) is 0 Å². The van der Waals surface area contributed by atoms with Crippen LogP contribution in [0.25, 0.3) is 0 Å². The third-order valence-corrected chi connectivity index (χ3v) is 11.0. The summed E-state index contributed by atoms with van der Waals surface area (Å²) in [7, 11) is 1.01. The highest BCUT2D eigenvalue weighted by Crippen LogP contribution is 2.38. The van der Waals surface area contributed by atoms with Crippen LogP contribution in [-0.4, -0.2) is 92.5 Å². The molecule has 3 unspecified atom stereocenters. The zero-order valence-corrected chi connectivity index (χ0v) is 39.5. The third kappa shape index (κ3) is 41.3. The minimum atomic E-state index is -4.70. The highest BCUT2D eigenvalue weighted by atomic mass is 31.2. The van der Waals surface area contributed by atoms with Crippen molar-refractivity contribution in [2.24, 2.45) is 0 Å². The molecule has 2 N–H and O–H groups in total. The number of likely N-dealkylation sites (N-methyl/N-ethyl adjacent to an activating group) is 1. The van der Waals surface area contributed by atoms with E-state index in [1.807, 2.05) is 33.3 Å². The van der Waals surface area contributed by atoms with Gasteiger partial charge in [0.15, 0.2) is 6.10 Å². The summed E-state index contributed by atoms with van der Waals surface area (Å²) in [6.45, 7) is 3.86. The average Bonchev–Trinajstić information content (AvgIpc) is 3.19. The molecular weight excluding hydrogens is 781 g/mol. The fourth-order valence-electron chi connectivity index (χ4n) is 6.16. The molecule has 11 nitrogen and oxygen atoms in total. The van der Waals surface area contributed by atoms with Crippen LogP contribution in [0.4, 0.5) is 0 Å². The summed E-state index contributed by atoms with van der Waals surface area (Å²) in [4.78, 5) is 37.7. The minimum absolute atomic E-state index is 0.0385.